The van der Waals surface area contributed by atoms with Crippen LogP contribution in [0.3, 0.4) is 0 Å². The van der Waals surface area contributed by atoms with Gasteiger partial charge < -0.3 is 0 Å². The molecule has 0 unspecified atom stereocenters. The first kappa shape index (κ1) is 6.81. The van der Waals surface area contributed by atoms with Crippen LogP contribution in [0.4, 0.5) is 0 Å². The van der Waals surface area contributed by atoms with Gasteiger partial charge in [-0.15, -0.1) is 11.3 Å². The zero-order chi connectivity index (χ0) is 6.69. The third-order valence-corrected chi connectivity index (χ3v) is 2.09. The van der Waals surface area contributed by atoms with Gasteiger partial charge in [0.1, 0.15) is 0 Å². The smallest absolute Gasteiger partial charge is 0.00516 e. The lowest BCUT2D eigenvalue weighted by Crippen LogP contribution is -1.74. The van der Waals surface area contributed by atoms with E-state index >= 15 is 0 Å². The summed E-state index contributed by atoms with van der Waals surface area (Å²) in [5.41, 5.74) is 1.44. The van der Waals surface area contributed by atoms with Crippen LogP contribution >= 0.6 is 11.3 Å². The largest absolute Gasteiger partial charge is 0.149 e. The zero-order valence-electron chi connectivity index (χ0n) is 5.68. The van der Waals surface area contributed by atoms with Crippen LogP contribution in [0, 0.1) is 6.92 Å². The molecule has 1 heterocycles. The molecule has 0 nitrogen and oxygen atoms in total. The first-order valence-corrected chi connectivity index (χ1v) is 4.10. The molecule has 0 saturated carbocycles. The van der Waals surface area contributed by atoms with Crippen LogP contribution in [0.2, 0.25) is 0 Å². The molecule has 0 amide bonds. The van der Waals surface area contributed by atoms with Gasteiger partial charge in [0.15, 0.2) is 0 Å². The van der Waals surface area contributed by atoms with Gasteiger partial charge in [-0.05, 0) is 30.4 Å². The molecule has 0 aliphatic heterocycles. The van der Waals surface area contributed by atoms with Crippen molar-refractivity contribution < 1.29 is 0 Å². The minimum Gasteiger partial charge on any atom is -0.149 e. The van der Waals surface area contributed by atoms with Crippen molar-refractivity contribution in [3.63, 3.8) is 0 Å². The van der Waals surface area contributed by atoms with E-state index in [1.165, 1.54) is 23.3 Å². The summed E-state index contributed by atoms with van der Waals surface area (Å²) in [6.45, 7) is 6.04. The minimum atomic E-state index is 1.18. The molecule has 0 fully saturated rings. The first-order chi connectivity index (χ1) is 4.33. The summed E-state index contributed by atoms with van der Waals surface area (Å²) in [7, 11) is 0. The van der Waals surface area contributed by atoms with Crippen molar-refractivity contribution in [1.29, 1.82) is 0 Å². The van der Waals surface area contributed by atoms with Crippen LogP contribution in [0.15, 0.2) is 11.4 Å². The molecule has 0 aliphatic rings. The molecule has 0 aromatic carbocycles. The molecular weight excluding hydrogens is 128 g/mol. The molecule has 1 radical (unpaired) electrons. The van der Waals surface area contributed by atoms with Gasteiger partial charge in [-0.1, -0.05) is 13.3 Å². The third kappa shape index (κ3) is 1.83. The molecular formula is C8H11S. The van der Waals surface area contributed by atoms with Crippen LogP contribution in [-0.2, 0) is 6.42 Å². The summed E-state index contributed by atoms with van der Waals surface area (Å²) in [5, 5.41) is 2.19. The molecule has 0 N–H and O–H groups in total. The second-order valence-electron chi connectivity index (χ2n) is 2.17. The highest BCUT2D eigenvalue weighted by Crippen LogP contribution is 2.13. The second-order valence-corrected chi connectivity index (χ2v) is 3.17. The van der Waals surface area contributed by atoms with Crippen LogP contribution in [-0.4, -0.2) is 0 Å². The summed E-state index contributed by atoms with van der Waals surface area (Å²) in [6, 6.07) is 2.16. The van der Waals surface area contributed by atoms with E-state index in [4.69, 9.17) is 0 Å². The van der Waals surface area contributed by atoms with E-state index in [-0.39, 0.29) is 0 Å². The molecule has 1 rings (SSSR count). The van der Waals surface area contributed by atoms with Crippen molar-refractivity contribution in [2.75, 3.05) is 0 Å². The number of hydrogen-bond donors (Lipinski definition) is 0. The normalized spacial score (nSPS) is 10.0. The zero-order valence-corrected chi connectivity index (χ0v) is 6.50. The topological polar surface area (TPSA) is 0 Å². The van der Waals surface area contributed by atoms with Crippen LogP contribution in [0.5, 0.6) is 0 Å². The van der Waals surface area contributed by atoms with Crippen LogP contribution in [0.25, 0.3) is 0 Å². The average Bonchev–Trinajstić information content (AvgIpc) is 2.17. The molecule has 0 atom stereocenters. The average molecular weight is 139 g/mol. The molecule has 49 valence electrons. The quantitative estimate of drug-likeness (QED) is 0.591. The Morgan fingerprint density at radius 2 is 2.44 bits per heavy atom. The Kier molecular flexibility index (Phi) is 2.29. The van der Waals surface area contributed by atoms with Crippen molar-refractivity contribution in [2.24, 2.45) is 0 Å². The Labute approximate surface area is 60.5 Å². The fourth-order valence-corrected chi connectivity index (χ4v) is 1.55. The van der Waals surface area contributed by atoms with E-state index in [2.05, 4.69) is 25.3 Å². The molecule has 1 aromatic heterocycles. The Balaban J connectivity index is 2.61. The lowest BCUT2D eigenvalue weighted by Gasteiger charge is -1.86. The predicted molar refractivity (Wildman–Crippen MR) is 42.8 cm³/mol. The molecule has 1 aromatic rings. The maximum atomic E-state index is 3.84. The summed E-state index contributed by atoms with van der Waals surface area (Å²) in [6.07, 6.45) is 2.43. The lowest BCUT2D eigenvalue weighted by atomic mass is 10.2. The number of aryl methyl sites for hydroxylation is 1. The number of rotatable bonds is 2. The summed E-state index contributed by atoms with van der Waals surface area (Å²) in [5.74, 6) is 0. The molecule has 1 heteroatoms. The van der Waals surface area contributed by atoms with Gasteiger partial charge in [0.2, 0.25) is 0 Å². The lowest BCUT2D eigenvalue weighted by molar-refractivity contribution is 0.926. The van der Waals surface area contributed by atoms with Gasteiger partial charge in [-0.25, -0.2) is 0 Å². The van der Waals surface area contributed by atoms with Gasteiger partial charge in [0.05, 0.1) is 0 Å². The number of thiophene rings is 1. The summed E-state index contributed by atoms with van der Waals surface area (Å²) >= 11 is 1.73. The van der Waals surface area contributed by atoms with Gasteiger partial charge in [-0.3, -0.25) is 0 Å². The van der Waals surface area contributed by atoms with Crippen LogP contribution < -0.4 is 0 Å². The summed E-state index contributed by atoms with van der Waals surface area (Å²) < 4.78 is 0. The highest BCUT2D eigenvalue weighted by molar-refractivity contribution is 7.10. The maximum Gasteiger partial charge on any atom is 0.00516 e. The van der Waals surface area contributed by atoms with Crippen molar-refractivity contribution in [2.45, 2.75) is 19.8 Å². The second kappa shape index (κ2) is 3.02. The molecule has 9 heavy (non-hydrogen) atoms. The standard InChI is InChI=1S/C8H11S/c1-3-4-8-5-7(2)9-6-8/h5-6H,2-4H2,1H3. The molecule has 0 bridgehead atoms. The Morgan fingerprint density at radius 3 is 2.89 bits per heavy atom. The minimum absolute atomic E-state index is 1.18. The SMILES string of the molecule is [CH2]c1cc(CCC)cs1. The van der Waals surface area contributed by atoms with Crippen molar-refractivity contribution in [1.82, 2.24) is 0 Å². The Hall–Kier alpha value is -0.300. The van der Waals surface area contributed by atoms with E-state index in [1.54, 1.807) is 11.3 Å². The third-order valence-electron chi connectivity index (χ3n) is 1.25. The number of hydrogen-bond acceptors (Lipinski definition) is 1. The first-order valence-electron chi connectivity index (χ1n) is 3.22. The van der Waals surface area contributed by atoms with Gasteiger partial charge >= 0.3 is 0 Å². The van der Waals surface area contributed by atoms with Crippen LogP contribution in [0.1, 0.15) is 23.8 Å². The van der Waals surface area contributed by atoms with E-state index in [0.717, 1.165) is 0 Å². The van der Waals surface area contributed by atoms with E-state index in [0.29, 0.717) is 0 Å². The molecule has 0 aliphatic carbocycles. The van der Waals surface area contributed by atoms with Gasteiger partial charge in [0.25, 0.3) is 0 Å². The van der Waals surface area contributed by atoms with Crippen molar-refractivity contribution >= 4 is 11.3 Å². The fraction of sp³-hybridized carbons (Fsp3) is 0.375. The fourth-order valence-electron chi connectivity index (χ4n) is 0.846. The Morgan fingerprint density at radius 1 is 1.67 bits per heavy atom. The molecule has 0 spiro atoms. The predicted octanol–water partition coefficient (Wildman–Crippen LogP) is 2.88. The van der Waals surface area contributed by atoms with E-state index < -0.39 is 0 Å². The molecule has 0 saturated heterocycles. The van der Waals surface area contributed by atoms with Crippen molar-refractivity contribution in [3.05, 3.63) is 28.8 Å². The maximum absolute atomic E-state index is 3.84. The summed E-state index contributed by atoms with van der Waals surface area (Å²) in [4.78, 5) is 1.18. The highest BCUT2D eigenvalue weighted by Gasteiger charge is 1.92. The Bertz CT molecular complexity index is 176. The highest BCUT2D eigenvalue weighted by atomic mass is 32.1. The van der Waals surface area contributed by atoms with Gasteiger partial charge in [0, 0.05) is 4.88 Å². The van der Waals surface area contributed by atoms with Gasteiger partial charge in [-0.2, -0.15) is 0 Å². The monoisotopic (exact) mass is 139 g/mol. The van der Waals surface area contributed by atoms with E-state index in [9.17, 15) is 0 Å². The van der Waals surface area contributed by atoms with E-state index in [1.807, 2.05) is 0 Å². The van der Waals surface area contributed by atoms with Crippen molar-refractivity contribution in [3.8, 4) is 0 Å².